The van der Waals surface area contributed by atoms with Crippen LogP contribution in [0.2, 0.25) is 0 Å². The van der Waals surface area contributed by atoms with E-state index in [2.05, 4.69) is 44.7 Å². The van der Waals surface area contributed by atoms with Gasteiger partial charge < -0.3 is 0 Å². The van der Waals surface area contributed by atoms with E-state index in [-0.39, 0.29) is 5.91 Å². The normalized spacial score (nSPS) is 19.0. The van der Waals surface area contributed by atoms with Gasteiger partial charge in [-0.1, -0.05) is 34.5 Å². The van der Waals surface area contributed by atoms with E-state index in [0.29, 0.717) is 18.1 Å². The molecule has 0 unspecified atom stereocenters. The molecule has 0 saturated heterocycles. The standard InChI is InChI=1S/C18H22BrN3OS/c19-16-8-3-5-14(11-16)12-24-13-18(23)22-21-17-9-2-1-6-15(17)7-4-10-20/h3,5,8,11,15H,1-2,4,6-7,9,12-13H2,(H,22,23)/b21-17-/t15-/m0/s1. The number of halogens is 1. The predicted octanol–water partition coefficient (Wildman–Crippen LogP) is 4.65. The van der Waals surface area contributed by atoms with Crippen LogP contribution in [-0.2, 0) is 10.5 Å². The highest BCUT2D eigenvalue weighted by Gasteiger charge is 2.20. The molecule has 6 heteroatoms. The van der Waals surface area contributed by atoms with Crippen LogP contribution in [0.15, 0.2) is 33.8 Å². The number of hydrogen-bond donors (Lipinski definition) is 1. The largest absolute Gasteiger partial charge is 0.272 e. The number of amides is 1. The Balaban J connectivity index is 1.75. The summed E-state index contributed by atoms with van der Waals surface area (Å²) in [5, 5.41) is 13.1. The molecule has 0 aromatic heterocycles. The van der Waals surface area contributed by atoms with Gasteiger partial charge in [0.1, 0.15) is 0 Å². The summed E-state index contributed by atoms with van der Waals surface area (Å²) < 4.78 is 1.05. The number of carbonyl (C=O) groups excluding carboxylic acids is 1. The molecule has 1 aliphatic rings. The Kier molecular flexibility index (Phi) is 8.34. The van der Waals surface area contributed by atoms with Gasteiger partial charge in [0, 0.05) is 28.3 Å². The molecule has 0 radical (unpaired) electrons. The molecule has 1 fully saturated rings. The molecule has 1 aromatic rings. The number of carbonyl (C=O) groups is 1. The Labute approximate surface area is 156 Å². The summed E-state index contributed by atoms with van der Waals surface area (Å²) in [4.78, 5) is 12.0. The van der Waals surface area contributed by atoms with E-state index in [4.69, 9.17) is 5.26 Å². The summed E-state index contributed by atoms with van der Waals surface area (Å²) in [5.41, 5.74) is 4.94. The van der Waals surface area contributed by atoms with Crippen LogP contribution >= 0.6 is 27.7 Å². The lowest BCUT2D eigenvalue weighted by Gasteiger charge is -2.23. The van der Waals surface area contributed by atoms with Crippen molar-refractivity contribution in [2.24, 2.45) is 11.0 Å². The SMILES string of the molecule is N#CCC[C@@H]1CCCC/C1=N/NC(=O)CSCc1cccc(Br)c1. The molecule has 1 aromatic carbocycles. The Morgan fingerprint density at radius 1 is 1.46 bits per heavy atom. The van der Waals surface area contributed by atoms with E-state index in [1.807, 2.05) is 12.1 Å². The van der Waals surface area contributed by atoms with Crippen molar-refractivity contribution in [3.8, 4) is 6.07 Å². The third kappa shape index (κ3) is 6.66. The second kappa shape index (κ2) is 10.5. The number of hydrazone groups is 1. The van der Waals surface area contributed by atoms with Crippen molar-refractivity contribution in [2.45, 2.75) is 44.3 Å². The average Bonchev–Trinajstić information content (AvgIpc) is 2.59. The lowest BCUT2D eigenvalue weighted by molar-refractivity contribution is -0.118. The van der Waals surface area contributed by atoms with Gasteiger partial charge in [0.05, 0.1) is 11.8 Å². The van der Waals surface area contributed by atoms with E-state index in [9.17, 15) is 4.79 Å². The third-order valence-electron chi connectivity index (χ3n) is 4.03. The zero-order valence-corrected chi connectivity index (χ0v) is 16.0. The summed E-state index contributed by atoms with van der Waals surface area (Å²) >= 11 is 5.03. The predicted molar refractivity (Wildman–Crippen MR) is 103 cm³/mol. The summed E-state index contributed by atoms with van der Waals surface area (Å²) in [6.07, 6.45) is 5.72. The summed E-state index contributed by atoms with van der Waals surface area (Å²) in [7, 11) is 0. The summed E-state index contributed by atoms with van der Waals surface area (Å²) in [5.74, 6) is 1.49. The van der Waals surface area contributed by atoms with E-state index in [1.165, 1.54) is 12.0 Å². The molecule has 4 nitrogen and oxygen atoms in total. The zero-order valence-electron chi connectivity index (χ0n) is 13.6. The Hall–Kier alpha value is -1.32. The molecular formula is C18H22BrN3OS. The van der Waals surface area contributed by atoms with Crippen LogP contribution in [0.25, 0.3) is 0 Å². The van der Waals surface area contributed by atoms with Gasteiger partial charge in [0.15, 0.2) is 0 Å². The molecule has 1 N–H and O–H groups in total. The van der Waals surface area contributed by atoms with Crippen LogP contribution in [0.5, 0.6) is 0 Å². The van der Waals surface area contributed by atoms with Gasteiger partial charge >= 0.3 is 0 Å². The number of thioether (sulfide) groups is 1. The molecule has 24 heavy (non-hydrogen) atoms. The molecular weight excluding hydrogens is 386 g/mol. The van der Waals surface area contributed by atoms with Crippen molar-refractivity contribution >= 4 is 39.3 Å². The lowest BCUT2D eigenvalue weighted by Crippen LogP contribution is -2.26. The zero-order chi connectivity index (χ0) is 17.2. The van der Waals surface area contributed by atoms with Gasteiger partial charge in [-0.2, -0.15) is 10.4 Å². The van der Waals surface area contributed by atoms with Gasteiger partial charge in [-0.3, -0.25) is 4.79 Å². The van der Waals surface area contributed by atoms with Gasteiger partial charge in [0.25, 0.3) is 0 Å². The third-order valence-corrected chi connectivity index (χ3v) is 5.52. The smallest absolute Gasteiger partial charge is 0.250 e. The topological polar surface area (TPSA) is 65.2 Å². The first-order valence-corrected chi connectivity index (χ1v) is 10.2. The Morgan fingerprint density at radius 2 is 2.33 bits per heavy atom. The Morgan fingerprint density at radius 3 is 3.12 bits per heavy atom. The summed E-state index contributed by atoms with van der Waals surface area (Å²) in [6.45, 7) is 0. The maximum atomic E-state index is 12.0. The summed E-state index contributed by atoms with van der Waals surface area (Å²) in [6, 6.07) is 10.3. The van der Waals surface area contributed by atoms with Crippen LogP contribution in [0, 0.1) is 17.2 Å². The van der Waals surface area contributed by atoms with Gasteiger partial charge in [-0.25, -0.2) is 5.43 Å². The molecule has 1 saturated carbocycles. The molecule has 128 valence electrons. The Bertz CT molecular complexity index is 627. The highest BCUT2D eigenvalue weighted by Crippen LogP contribution is 2.25. The fourth-order valence-electron chi connectivity index (χ4n) is 2.82. The van der Waals surface area contributed by atoms with Crippen molar-refractivity contribution in [2.75, 3.05) is 5.75 Å². The number of benzene rings is 1. The van der Waals surface area contributed by atoms with Crippen LogP contribution in [0.3, 0.4) is 0 Å². The highest BCUT2D eigenvalue weighted by molar-refractivity contribution is 9.10. The van der Waals surface area contributed by atoms with Crippen LogP contribution in [0.4, 0.5) is 0 Å². The van der Waals surface area contributed by atoms with Crippen molar-refractivity contribution in [3.63, 3.8) is 0 Å². The van der Waals surface area contributed by atoms with Crippen LogP contribution in [0.1, 0.15) is 44.1 Å². The first-order chi connectivity index (χ1) is 11.7. The molecule has 2 rings (SSSR count). The highest BCUT2D eigenvalue weighted by atomic mass is 79.9. The monoisotopic (exact) mass is 407 g/mol. The second-order valence-corrected chi connectivity index (χ2v) is 7.80. The van der Waals surface area contributed by atoms with Crippen LogP contribution in [-0.4, -0.2) is 17.4 Å². The number of nitrogens with zero attached hydrogens (tertiary/aromatic N) is 2. The minimum absolute atomic E-state index is 0.0629. The maximum absolute atomic E-state index is 12.0. The lowest BCUT2D eigenvalue weighted by atomic mass is 9.84. The number of nitriles is 1. The van der Waals surface area contributed by atoms with E-state index < -0.39 is 0 Å². The van der Waals surface area contributed by atoms with E-state index >= 15 is 0 Å². The fourth-order valence-corrected chi connectivity index (χ4v) is 4.03. The van der Waals surface area contributed by atoms with Crippen LogP contribution < -0.4 is 5.43 Å². The van der Waals surface area contributed by atoms with Crippen molar-refractivity contribution in [1.82, 2.24) is 5.43 Å². The molecule has 0 spiro atoms. The van der Waals surface area contributed by atoms with E-state index in [0.717, 1.165) is 41.6 Å². The van der Waals surface area contributed by atoms with Gasteiger partial charge in [-0.05, 0) is 43.4 Å². The molecule has 1 aliphatic carbocycles. The van der Waals surface area contributed by atoms with Crippen molar-refractivity contribution < 1.29 is 4.79 Å². The number of nitrogens with one attached hydrogen (secondary N) is 1. The van der Waals surface area contributed by atoms with Crippen molar-refractivity contribution in [1.29, 1.82) is 5.26 Å². The van der Waals surface area contributed by atoms with Gasteiger partial charge in [0.2, 0.25) is 5.91 Å². The molecule has 1 atom stereocenters. The molecule has 0 bridgehead atoms. The second-order valence-electron chi connectivity index (χ2n) is 5.90. The maximum Gasteiger partial charge on any atom is 0.250 e. The number of rotatable bonds is 7. The first kappa shape index (κ1) is 19.0. The van der Waals surface area contributed by atoms with Gasteiger partial charge in [-0.15, -0.1) is 11.8 Å². The minimum Gasteiger partial charge on any atom is -0.272 e. The van der Waals surface area contributed by atoms with E-state index in [1.54, 1.807) is 11.8 Å². The van der Waals surface area contributed by atoms with Crippen molar-refractivity contribution in [3.05, 3.63) is 34.3 Å². The minimum atomic E-state index is -0.0629. The first-order valence-electron chi connectivity index (χ1n) is 8.23. The quantitative estimate of drug-likeness (QED) is 0.668. The number of hydrogen-bond acceptors (Lipinski definition) is 4. The average molecular weight is 408 g/mol. The molecule has 0 heterocycles. The fraction of sp³-hybridized carbons (Fsp3) is 0.500. The molecule has 0 aliphatic heterocycles. The molecule has 1 amide bonds.